The van der Waals surface area contributed by atoms with E-state index in [1.807, 2.05) is 29.1 Å². The third-order valence-corrected chi connectivity index (χ3v) is 2.98. The number of rotatable bonds is 3. The van der Waals surface area contributed by atoms with Crippen LogP contribution in [0.2, 0.25) is 0 Å². The molecule has 4 heteroatoms. The zero-order valence-electron chi connectivity index (χ0n) is 9.10. The number of nitrogens with two attached hydrogens (primary N) is 1. The predicted octanol–water partition coefficient (Wildman–Crippen LogP) is 3.04. The van der Waals surface area contributed by atoms with Crippen LogP contribution in [0.1, 0.15) is 24.9 Å². The molecule has 0 bridgehead atoms. The fourth-order valence-corrected chi connectivity index (χ4v) is 1.95. The van der Waals surface area contributed by atoms with Crippen LogP contribution in [-0.4, -0.2) is 9.78 Å². The van der Waals surface area contributed by atoms with E-state index in [9.17, 15) is 0 Å². The SMILES string of the molecule is CC[C@@H](N)c1ccccc1-n1cc(Br)cn1. The highest BCUT2D eigenvalue weighted by atomic mass is 79.9. The van der Waals surface area contributed by atoms with E-state index in [2.05, 4.69) is 34.0 Å². The van der Waals surface area contributed by atoms with Crippen LogP contribution in [0.15, 0.2) is 41.1 Å². The van der Waals surface area contributed by atoms with Crippen molar-refractivity contribution in [1.82, 2.24) is 9.78 Å². The summed E-state index contributed by atoms with van der Waals surface area (Å²) in [5, 5.41) is 4.28. The zero-order chi connectivity index (χ0) is 11.5. The Hall–Kier alpha value is -1.13. The van der Waals surface area contributed by atoms with E-state index in [1.165, 1.54) is 0 Å². The van der Waals surface area contributed by atoms with Crippen LogP contribution in [0.5, 0.6) is 0 Å². The number of aromatic nitrogens is 2. The Morgan fingerprint density at radius 2 is 2.19 bits per heavy atom. The molecule has 0 unspecified atom stereocenters. The number of para-hydroxylation sites is 1. The normalized spacial score (nSPS) is 12.7. The third-order valence-electron chi connectivity index (χ3n) is 2.57. The molecule has 0 amide bonds. The molecule has 2 rings (SSSR count). The molecule has 0 aliphatic rings. The quantitative estimate of drug-likeness (QED) is 0.939. The third kappa shape index (κ3) is 2.18. The van der Waals surface area contributed by atoms with Crippen LogP contribution in [0.4, 0.5) is 0 Å². The highest BCUT2D eigenvalue weighted by Gasteiger charge is 2.10. The molecule has 1 aromatic carbocycles. The van der Waals surface area contributed by atoms with Gasteiger partial charge in [0.2, 0.25) is 0 Å². The van der Waals surface area contributed by atoms with E-state index in [-0.39, 0.29) is 6.04 Å². The lowest BCUT2D eigenvalue weighted by Gasteiger charge is -2.14. The number of halogens is 1. The molecule has 0 aliphatic carbocycles. The number of hydrogen-bond donors (Lipinski definition) is 1. The van der Waals surface area contributed by atoms with Gasteiger partial charge >= 0.3 is 0 Å². The summed E-state index contributed by atoms with van der Waals surface area (Å²) in [5.41, 5.74) is 8.26. The molecule has 0 saturated carbocycles. The van der Waals surface area contributed by atoms with Crippen molar-refractivity contribution in [3.05, 3.63) is 46.7 Å². The summed E-state index contributed by atoms with van der Waals surface area (Å²) in [4.78, 5) is 0. The molecule has 2 N–H and O–H groups in total. The first-order valence-electron chi connectivity index (χ1n) is 5.27. The van der Waals surface area contributed by atoms with Gasteiger partial charge in [0.25, 0.3) is 0 Å². The lowest BCUT2D eigenvalue weighted by molar-refractivity contribution is 0.686. The maximum absolute atomic E-state index is 6.09. The average molecular weight is 280 g/mol. The zero-order valence-corrected chi connectivity index (χ0v) is 10.7. The predicted molar refractivity (Wildman–Crippen MR) is 68.5 cm³/mol. The molecule has 1 aromatic heterocycles. The second kappa shape index (κ2) is 4.80. The van der Waals surface area contributed by atoms with Crippen molar-refractivity contribution in [3.8, 4) is 5.69 Å². The van der Waals surface area contributed by atoms with E-state index in [4.69, 9.17) is 5.73 Å². The van der Waals surface area contributed by atoms with Crippen LogP contribution >= 0.6 is 15.9 Å². The second-order valence-electron chi connectivity index (χ2n) is 3.68. The summed E-state index contributed by atoms with van der Waals surface area (Å²) in [6.45, 7) is 2.08. The lowest BCUT2D eigenvalue weighted by atomic mass is 10.0. The number of nitrogens with zero attached hydrogens (tertiary/aromatic N) is 2. The monoisotopic (exact) mass is 279 g/mol. The van der Waals surface area contributed by atoms with Gasteiger partial charge < -0.3 is 5.73 Å². The lowest BCUT2D eigenvalue weighted by Crippen LogP contribution is -2.12. The molecule has 0 saturated heterocycles. The van der Waals surface area contributed by atoms with Gasteiger partial charge in [-0.1, -0.05) is 25.1 Å². The van der Waals surface area contributed by atoms with Crippen molar-refractivity contribution in [2.45, 2.75) is 19.4 Å². The summed E-state index contributed by atoms with van der Waals surface area (Å²) in [6, 6.07) is 8.15. The van der Waals surface area contributed by atoms with Crippen molar-refractivity contribution < 1.29 is 0 Å². The molecular formula is C12H14BrN3. The summed E-state index contributed by atoms with van der Waals surface area (Å²) in [5.74, 6) is 0. The molecule has 0 spiro atoms. The molecule has 84 valence electrons. The summed E-state index contributed by atoms with van der Waals surface area (Å²) < 4.78 is 2.81. The Kier molecular flexibility index (Phi) is 3.41. The summed E-state index contributed by atoms with van der Waals surface area (Å²) in [6.07, 6.45) is 4.62. The smallest absolute Gasteiger partial charge is 0.0693 e. The minimum absolute atomic E-state index is 0.0548. The van der Waals surface area contributed by atoms with E-state index >= 15 is 0 Å². The minimum atomic E-state index is 0.0548. The van der Waals surface area contributed by atoms with Crippen molar-refractivity contribution in [3.63, 3.8) is 0 Å². The van der Waals surface area contributed by atoms with Gasteiger partial charge in [-0.2, -0.15) is 5.10 Å². The van der Waals surface area contributed by atoms with Gasteiger partial charge in [-0.05, 0) is 34.0 Å². The molecule has 3 nitrogen and oxygen atoms in total. The van der Waals surface area contributed by atoms with Crippen LogP contribution in [0.3, 0.4) is 0 Å². The second-order valence-corrected chi connectivity index (χ2v) is 4.59. The average Bonchev–Trinajstić information content (AvgIpc) is 2.75. The maximum Gasteiger partial charge on any atom is 0.0693 e. The van der Waals surface area contributed by atoms with Crippen LogP contribution in [0.25, 0.3) is 5.69 Å². The molecule has 0 radical (unpaired) electrons. The molecule has 2 aromatic rings. The number of benzene rings is 1. The van der Waals surface area contributed by atoms with Gasteiger partial charge in [-0.3, -0.25) is 0 Å². The van der Waals surface area contributed by atoms with Gasteiger partial charge in [0, 0.05) is 12.2 Å². The van der Waals surface area contributed by atoms with Crippen LogP contribution in [-0.2, 0) is 0 Å². The minimum Gasteiger partial charge on any atom is -0.324 e. The van der Waals surface area contributed by atoms with Gasteiger partial charge in [0.05, 0.1) is 16.4 Å². The summed E-state index contributed by atoms with van der Waals surface area (Å²) in [7, 11) is 0. The highest BCUT2D eigenvalue weighted by Crippen LogP contribution is 2.22. The molecule has 1 heterocycles. The van der Waals surface area contributed by atoms with E-state index in [1.54, 1.807) is 6.20 Å². The van der Waals surface area contributed by atoms with E-state index < -0.39 is 0 Å². The first-order valence-corrected chi connectivity index (χ1v) is 6.06. The maximum atomic E-state index is 6.09. The van der Waals surface area contributed by atoms with Gasteiger partial charge in [0.15, 0.2) is 0 Å². The van der Waals surface area contributed by atoms with Crippen molar-refractivity contribution >= 4 is 15.9 Å². The van der Waals surface area contributed by atoms with Crippen LogP contribution < -0.4 is 5.73 Å². The fourth-order valence-electron chi connectivity index (χ4n) is 1.66. The first-order chi connectivity index (χ1) is 7.72. The molecule has 1 atom stereocenters. The molecular weight excluding hydrogens is 266 g/mol. The standard InChI is InChI=1S/C12H14BrN3/c1-2-11(14)10-5-3-4-6-12(10)16-8-9(13)7-15-16/h3-8,11H,2,14H2,1H3/t11-/m1/s1. The topological polar surface area (TPSA) is 43.8 Å². The Balaban J connectivity index is 2.48. The number of hydrogen-bond acceptors (Lipinski definition) is 2. The van der Waals surface area contributed by atoms with Crippen molar-refractivity contribution in [1.29, 1.82) is 0 Å². The Bertz CT molecular complexity index is 479. The molecule has 16 heavy (non-hydrogen) atoms. The van der Waals surface area contributed by atoms with Gasteiger partial charge in [0.1, 0.15) is 0 Å². The van der Waals surface area contributed by atoms with E-state index in [0.29, 0.717) is 0 Å². The first kappa shape index (κ1) is 11.4. The fraction of sp³-hybridized carbons (Fsp3) is 0.250. The van der Waals surface area contributed by atoms with Crippen molar-refractivity contribution in [2.24, 2.45) is 5.73 Å². The van der Waals surface area contributed by atoms with E-state index in [0.717, 1.165) is 22.1 Å². The summed E-state index contributed by atoms with van der Waals surface area (Å²) >= 11 is 3.39. The molecule has 0 aliphatic heterocycles. The van der Waals surface area contributed by atoms with Gasteiger partial charge in [-0.15, -0.1) is 0 Å². The molecule has 0 fully saturated rings. The van der Waals surface area contributed by atoms with Gasteiger partial charge in [-0.25, -0.2) is 4.68 Å². The Labute approximate surface area is 103 Å². The van der Waals surface area contributed by atoms with Crippen LogP contribution in [0, 0.1) is 0 Å². The Morgan fingerprint density at radius 1 is 1.44 bits per heavy atom. The highest BCUT2D eigenvalue weighted by molar-refractivity contribution is 9.10. The Morgan fingerprint density at radius 3 is 2.81 bits per heavy atom. The van der Waals surface area contributed by atoms with Crippen molar-refractivity contribution in [2.75, 3.05) is 0 Å². The largest absolute Gasteiger partial charge is 0.324 e.